The molecule has 0 bridgehead atoms. The fourth-order valence-corrected chi connectivity index (χ4v) is 3.52. The lowest BCUT2D eigenvalue weighted by Crippen LogP contribution is -2.28. The van der Waals surface area contributed by atoms with E-state index in [-0.39, 0.29) is 26.1 Å². The molecule has 0 N–H and O–H groups in total. The lowest BCUT2D eigenvalue weighted by Gasteiger charge is -2.15. The highest BCUT2D eigenvalue weighted by Gasteiger charge is 2.49. The van der Waals surface area contributed by atoms with Gasteiger partial charge >= 0.3 is 21.6 Å². The second kappa shape index (κ2) is 9.01. The van der Waals surface area contributed by atoms with E-state index in [2.05, 4.69) is 4.18 Å². The lowest BCUT2D eigenvalue weighted by atomic mass is 10.1. The fourth-order valence-electron chi connectivity index (χ4n) is 3.04. The van der Waals surface area contributed by atoms with Crippen LogP contribution in [0.1, 0.15) is 29.2 Å². The number of para-hydroxylation sites is 1. The fraction of sp³-hybridized carbons (Fsp3) is 0.286. The van der Waals surface area contributed by atoms with Crippen molar-refractivity contribution < 1.29 is 40.0 Å². The molecule has 0 spiro atoms. The Labute approximate surface area is 177 Å². The summed E-state index contributed by atoms with van der Waals surface area (Å²) in [6, 6.07) is 9.67. The zero-order chi connectivity index (χ0) is 22.6. The largest absolute Gasteiger partial charge is 0.534 e. The van der Waals surface area contributed by atoms with Gasteiger partial charge in [0.25, 0.3) is 0 Å². The summed E-state index contributed by atoms with van der Waals surface area (Å²) in [6.07, 6.45) is 3.61. The van der Waals surface area contributed by atoms with E-state index >= 15 is 0 Å². The molecule has 0 fully saturated rings. The minimum absolute atomic E-state index is 0.00483. The van der Waals surface area contributed by atoms with Crippen molar-refractivity contribution in [3.8, 4) is 11.5 Å². The van der Waals surface area contributed by atoms with Crippen molar-refractivity contribution >= 4 is 22.2 Å². The Bertz CT molecular complexity index is 1110. The molecule has 0 aliphatic heterocycles. The van der Waals surface area contributed by atoms with E-state index in [1.165, 1.54) is 6.07 Å². The molecule has 166 valence electrons. The Hall–Kier alpha value is -3.01. The molecule has 10 heteroatoms. The third-order valence-corrected chi connectivity index (χ3v) is 5.38. The van der Waals surface area contributed by atoms with Gasteiger partial charge < -0.3 is 13.7 Å². The summed E-state index contributed by atoms with van der Waals surface area (Å²) in [6.45, 7) is 1.86. The number of allylic oxidation sites excluding steroid dienone is 1. The van der Waals surface area contributed by atoms with Gasteiger partial charge in [-0.2, -0.15) is 21.6 Å². The van der Waals surface area contributed by atoms with Crippen LogP contribution in [0.4, 0.5) is 13.2 Å². The molecule has 0 aromatic heterocycles. The summed E-state index contributed by atoms with van der Waals surface area (Å²) >= 11 is 0. The van der Waals surface area contributed by atoms with E-state index in [0.29, 0.717) is 28.0 Å². The van der Waals surface area contributed by atoms with Crippen LogP contribution in [0.15, 0.2) is 42.5 Å². The van der Waals surface area contributed by atoms with Gasteiger partial charge in [0.2, 0.25) is 0 Å². The first kappa shape index (κ1) is 22.7. The van der Waals surface area contributed by atoms with Crippen molar-refractivity contribution in [2.24, 2.45) is 0 Å². The van der Waals surface area contributed by atoms with E-state index in [1.54, 1.807) is 49.4 Å². The van der Waals surface area contributed by atoms with Crippen LogP contribution >= 0.6 is 0 Å². The van der Waals surface area contributed by atoms with Gasteiger partial charge in [0.1, 0.15) is 18.1 Å². The van der Waals surface area contributed by atoms with Gasteiger partial charge in [-0.25, -0.2) is 0 Å². The maximum absolute atomic E-state index is 12.8. The molecule has 0 heterocycles. The van der Waals surface area contributed by atoms with Crippen LogP contribution in [0.5, 0.6) is 11.5 Å². The number of fused-ring (bicyclic) bond motifs is 1. The van der Waals surface area contributed by atoms with E-state index in [1.807, 2.05) is 0 Å². The molecule has 0 amide bonds. The molecule has 2 aromatic carbocycles. The second-order valence-corrected chi connectivity index (χ2v) is 8.17. The average Bonchev–Trinajstić information content (AvgIpc) is 3.15. The number of rotatable bonds is 8. The molecule has 1 aliphatic carbocycles. The number of carbonyl (C=O) groups excluding carboxylic acids is 1. The summed E-state index contributed by atoms with van der Waals surface area (Å²) in [7, 11) is -5.80. The Morgan fingerprint density at radius 2 is 1.87 bits per heavy atom. The number of benzene rings is 2. The Morgan fingerprint density at radius 1 is 1.13 bits per heavy atom. The molecule has 2 aromatic rings. The number of carbonyl (C=O) groups is 1. The number of hydrogen-bond acceptors (Lipinski definition) is 6. The van der Waals surface area contributed by atoms with Crippen LogP contribution in [0.25, 0.3) is 6.08 Å². The number of halogens is 3. The van der Waals surface area contributed by atoms with Gasteiger partial charge in [-0.15, -0.1) is 0 Å². The molecule has 3 rings (SSSR count). The average molecular weight is 456 g/mol. The van der Waals surface area contributed by atoms with Gasteiger partial charge in [0, 0.05) is 11.1 Å². The van der Waals surface area contributed by atoms with Crippen molar-refractivity contribution in [2.75, 3.05) is 6.61 Å². The minimum atomic E-state index is -5.80. The molecule has 1 aliphatic rings. The summed E-state index contributed by atoms with van der Waals surface area (Å²) in [5, 5.41) is 0. The van der Waals surface area contributed by atoms with Gasteiger partial charge in [-0.3, -0.25) is 4.79 Å². The number of ether oxygens (including phenoxy) is 2. The van der Waals surface area contributed by atoms with Gasteiger partial charge in [0.15, 0.2) is 0 Å². The Morgan fingerprint density at radius 3 is 2.58 bits per heavy atom. The first-order valence-electron chi connectivity index (χ1n) is 9.30. The lowest BCUT2D eigenvalue weighted by molar-refractivity contribution is -0.142. The summed E-state index contributed by atoms with van der Waals surface area (Å²) < 4.78 is 76.3. The van der Waals surface area contributed by atoms with E-state index in [9.17, 15) is 26.4 Å². The zero-order valence-electron chi connectivity index (χ0n) is 16.4. The maximum atomic E-state index is 12.8. The van der Waals surface area contributed by atoms with E-state index < -0.39 is 27.3 Å². The normalized spacial score (nSPS) is 13.0. The molecule has 0 saturated heterocycles. The van der Waals surface area contributed by atoms with Crippen LogP contribution in [-0.2, 0) is 39.1 Å². The molecule has 0 saturated carbocycles. The molecule has 0 unspecified atom stereocenters. The SMILES string of the molecule is CCOC(=O)Cc1ccccc1OCc1cc2c(c(OS(=O)(=O)C(F)(F)F)c1)CC=C2. The van der Waals surface area contributed by atoms with Crippen LogP contribution in [0, 0.1) is 0 Å². The van der Waals surface area contributed by atoms with Crippen molar-refractivity contribution in [3.63, 3.8) is 0 Å². The molecule has 6 nitrogen and oxygen atoms in total. The predicted octanol–water partition coefficient (Wildman–Crippen LogP) is 4.17. The van der Waals surface area contributed by atoms with Crippen molar-refractivity contribution in [1.29, 1.82) is 0 Å². The third-order valence-electron chi connectivity index (χ3n) is 4.41. The quantitative estimate of drug-likeness (QED) is 0.337. The van der Waals surface area contributed by atoms with Crippen LogP contribution < -0.4 is 8.92 Å². The van der Waals surface area contributed by atoms with Crippen LogP contribution in [-0.4, -0.2) is 26.5 Å². The Kier molecular flexibility index (Phi) is 6.59. The predicted molar refractivity (Wildman–Crippen MR) is 106 cm³/mol. The Balaban J connectivity index is 1.83. The monoisotopic (exact) mass is 456 g/mol. The molecule has 0 radical (unpaired) electrons. The first-order valence-corrected chi connectivity index (χ1v) is 10.7. The van der Waals surface area contributed by atoms with Crippen LogP contribution in [0.2, 0.25) is 0 Å². The number of esters is 1. The second-order valence-electron chi connectivity index (χ2n) is 6.63. The topological polar surface area (TPSA) is 78.9 Å². The van der Waals surface area contributed by atoms with Crippen molar-refractivity contribution in [3.05, 3.63) is 64.7 Å². The highest BCUT2D eigenvalue weighted by Crippen LogP contribution is 2.35. The molecular formula is C21H19F3O6S. The molecule has 0 atom stereocenters. The number of alkyl halides is 3. The number of hydrogen-bond donors (Lipinski definition) is 0. The third kappa shape index (κ3) is 5.38. The highest BCUT2D eigenvalue weighted by atomic mass is 32.2. The first-order chi connectivity index (χ1) is 14.6. The van der Waals surface area contributed by atoms with E-state index in [0.717, 1.165) is 0 Å². The summed E-state index contributed by atoms with van der Waals surface area (Å²) in [5.74, 6) is -0.413. The zero-order valence-corrected chi connectivity index (χ0v) is 17.3. The van der Waals surface area contributed by atoms with Gasteiger partial charge in [-0.1, -0.05) is 30.4 Å². The maximum Gasteiger partial charge on any atom is 0.534 e. The summed E-state index contributed by atoms with van der Waals surface area (Å²) in [4.78, 5) is 11.8. The standard InChI is InChI=1S/C21H19F3O6S/c1-2-28-20(25)12-16-6-3-4-9-18(16)29-13-14-10-15-7-5-8-17(15)19(11-14)30-31(26,27)21(22,23)24/h3-7,9-11H,2,8,12-13H2,1H3. The van der Waals surface area contributed by atoms with Crippen LogP contribution in [0.3, 0.4) is 0 Å². The smallest absolute Gasteiger partial charge is 0.489 e. The van der Waals surface area contributed by atoms with Crippen molar-refractivity contribution in [1.82, 2.24) is 0 Å². The molecular weight excluding hydrogens is 437 g/mol. The minimum Gasteiger partial charge on any atom is -0.489 e. The van der Waals surface area contributed by atoms with Gasteiger partial charge in [0.05, 0.1) is 13.0 Å². The molecule has 31 heavy (non-hydrogen) atoms. The van der Waals surface area contributed by atoms with Crippen molar-refractivity contribution in [2.45, 2.75) is 31.9 Å². The highest BCUT2D eigenvalue weighted by molar-refractivity contribution is 7.88. The van der Waals surface area contributed by atoms with Gasteiger partial charge in [-0.05, 0) is 42.7 Å². The summed E-state index contributed by atoms with van der Waals surface area (Å²) in [5.41, 5.74) is -3.65. The van der Waals surface area contributed by atoms with E-state index in [4.69, 9.17) is 9.47 Å².